The van der Waals surface area contributed by atoms with Gasteiger partial charge in [-0.1, -0.05) is 0 Å². The fraction of sp³-hybridized carbons (Fsp3) is 0.423. The van der Waals surface area contributed by atoms with Crippen molar-refractivity contribution in [3.63, 3.8) is 0 Å². The average Bonchev–Trinajstić information content (AvgIpc) is 3.44. The largest absolute Gasteiger partial charge is 0.387 e. The van der Waals surface area contributed by atoms with Gasteiger partial charge in [0.25, 0.3) is 11.8 Å². The Morgan fingerprint density at radius 1 is 1.35 bits per heavy atom. The Morgan fingerprint density at radius 2 is 2.11 bits per heavy atom. The van der Waals surface area contributed by atoms with Crippen molar-refractivity contribution in [3.8, 4) is 6.07 Å². The second kappa shape index (κ2) is 9.44. The molecule has 2 aliphatic heterocycles. The molecule has 0 bridgehead atoms. The third kappa shape index (κ3) is 4.72. The van der Waals surface area contributed by atoms with E-state index in [2.05, 4.69) is 26.4 Å². The van der Waals surface area contributed by atoms with Gasteiger partial charge in [0.2, 0.25) is 0 Å². The van der Waals surface area contributed by atoms with E-state index in [1.54, 1.807) is 30.6 Å². The molecule has 4 heterocycles. The Hall–Kier alpha value is -4.04. The standard InChI is InChI=1S/C26H28FN7O3/c1-26(2,37)22(27)15-33-14-17-10-20(31-24(35)19-13-30-34-7-3-6-29-23(19)34)21(11-18(17)25(33)36)32-8-4-16(12-28)5-9-32/h3,6-7,10-11,13,16,22,37H,4-5,8-9,14-15H2,1-2H3,(H,31,35). The van der Waals surface area contributed by atoms with E-state index in [9.17, 15) is 24.3 Å². The Kier molecular flexibility index (Phi) is 6.29. The molecule has 1 atom stereocenters. The van der Waals surface area contributed by atoms with Crippen molar-refractivity contribution < 1.29 is 19.1 Å². The maximum Gasteiger partial charge on any atom is 0.261 e. The number of carbonyl (C=O) groups is 2. The smallest absolute Gasteiger partial charge is 0.261 e. The molecule has 3 aromatic rings. The second-order valence-electron chi connectivity index (χ2n) is 10.1. The van der Waals surface area contributed by atoms with E-state index in [-0.39, 0.29) is 24.9 Å². The Labute approximate surface area is 213 Å². The maximum atomic E-state index is 14.6. The third-order valence-electron chi connectivity index (χ3n) is 7.04. The monoisotopic (exact) mass is 505 g/mol. The number of halogens is 1. The lowest BCUT2D eigenvalue weighted by Gasteiger charge is -2.32. The number of carbonyl (C=O) groups excluding carboxylic acids is 2. The lowest BCUT2D eigenvalue weighted by atomic mass is 9.97. The molecule has 0 saturated carbocycles. The van der Waals surface area contributed by atoms with Crippen LogP contribution in [0.2, 0.25) is 0 Å². The van der Waals surface area contributed by atoms with Crippen LogP contribution in [0.25, 0.3) is 5.65 Å². The molecule has 2 amide bonds. The van der Waals surface area contributed by atoms with E-state index in [0.717, 1.165) is 0 Å². The zero-order valence-corrected chi connectivity index (χ0v) is 20.7. The van der Waals surface area contributed by atoms with Crippen molar-refractivity contribution in [2.75, 3.05) is 29.9 Å². The Morgan fingerprint density at radius 3 is 2.81 bits per heavy atom. The highest BCUT2D eigenvalue weighted by molar-refractivity contribution is 6.10. The number of benzene rings is 1. The molecule has 2 aromatic heterocycles. The molecular weight excluding hydrogens is 477 g/mol. The summed E-state index contributed by atoms with van der Waals surface area (Å²) >= 11 is 0. The number of aromatic nitrogens is 3. The summed E-state index contributed by atoms with van der Waals surface area (Å²) in [5.74, 6) is -0.748. The topological polar surface area (TPSA) is 127 Å². The van der Waals surface area contributed by atoms with Gasteiger partial charge in [0.1, 0.15) is 11.7 Å². The molecule has 2 aliphatic rings. The van der Waals surface area contributed by atoms with Gasteiger partial charge in [0.05, 0.1) is 35.8 Å². The SMILES string of the molecule is CC(C)(O)C(F)CN1Cc2cc(NC(=O)c3cnn4cccnc34)c(N3CCC(C#N)CC3)cc2C1=O. The number of hydrogen-bond acceptors (Lipinski definition) is 7. The van der Waals surface area contributed by atoms with Crippen molar-refractivity contribution in [2.45, 2.75) is 45.0 Å². The summed E-state index contributed by atoms with van der Waals surface area (Å²) in [5, 5.41) is 26.5. The fourth-order valence-electron chi connectivity index (χ4n) is 4.76. The van der Waals surface area contributed by atoms with Crippen LogP contribution in [0.4, 0.5) is 15.8 Å². The minimum absolute atomic E-state index is 0.0333. The van der Waals surface area contributed by atoms with Gasteiger partial charge in [-0.15, -0.1) is 0 Å². The number of anilines is 2. The molecule has 0 radical (unpaired) electrons. The first-order valence-corrected chi connectivity index (χ1v) is 12.2. The Bertz CT molecular complexity index is 1400. The highest BCUT2D eigenvalue weighted by atomic mass is 19.1. The van der Waals surface area contributed by atoms with Crippen LogP contribution in [0.3, 0.4) is 0 Å². The molecule has 0 aliphatic carbocycles. The number of nitriles is 1. The maximum absolute atomic E-state index is 14.6. The van der Waals surface area contributed by atoms with E-state index in [1.165, 1.54) is 29.5 Å². The molecule has 10 nitrogen and oxygen atoms in total. The molecule has 1 fully saturated rings. The summed E-state index contributed by atoms with van der Waals surface area (Å²) in [6, 6.07) is 7.53. The zero-order valence-electron chi connectivity index (χ0n) is 20.7. The third-order valence-corrected chi connectivity index (χ3v) is 7.04. The van der Waals surface area contributed by atoms with E-state index in [1.807, 2.05) is 0 Å². The van der Waals surface area contributed by atoms with Crippen LogP contribution in [-0.2, 0) is 6.54 Å². The summed E-state index contributed by atoms with van der Waals surface area (Å²) < 4.78 is 16.1. The van der Waals surface area contributed by atoms with Crippen molar-refractivity contribution >= 4 is 28.8 Å². The lowest BCUT2D eigenvalue weighted by Crippen LogP contribution is -2.42. The number of nitrogens with one attached hydrogen (secondary N) is 1. The van der Waals surface area contributed by atoms with Gasteiger partial charge in [-0.05, 0) is 50.5 Å². The van der Waals surface area contributed by atoms with Crippen molar-refractivity contribution in [1.29, 1.82) is 5.26 Å². The fourth-order valence-corrected chi connectivity index (χ4v) is 4.76. The molecule has 37 heavy (non-hydrogen) atoms. The first-order chi connectivity index (χ1) is 17.7. The lowest BCUT2D eigenvalue weighted by molar-refractivity contribution is -0.0159. The van der Waals surface area contributed by atoms with Crippen molar-refractivity contribution in [1.82, 2.24) is 19.5 Å². The number of rotatable bonds is 6. The first-order valence-electron chi connectivity index (χ1n) is 12.2. The minimum Gasteiger partial charge on any atom is -0.387 e. The highest BCUT2D eigenvalue weighted by Crippen LogP contribution is 2.37. The predicted octanol–water partition coefficient (Wildman–Crippen LogP) is 2.79. The van der Waals surface area contributed by atoms with Crippen LogP contribution in [0.5, 0.6) is 0 Å². The molecule has 192 valence electrons. The molecule has 2 N–H and O–H groups in total. The second-order valence-corrected chi connectivity index (χ2v) is 10.1. The summed E-state index contributed by atoms with van der Waals surface area (Å²) in [6.45, 7) is 3.87. The van der Waals surface area contributed by atoms with E-state index in [0.29, 0.717) is 59.6 Å². The van der Waals surface area contributed by atoms with Gasteiger partial charge in [-0.2, -0.15) is 10.4 Å². The molecule has 11 heteroatoms. The number of hydrogen-bond donors (Lipinski definition) is 2. The van der Waals surface area contributed by atoms with Gasteiger partial charge in [0.15, 0.2) is 5.65 Å². The summed E-state index contributed by atoms with van der Waals surface area (Å²) in [4.78, 5) is 34.1. The number of piperidine rings is 1. The summed E-state index contributed by atoms with van der Waals surface area (Å²) in [5.41, 5.74) is 1.43. The van der Waals surface area contributed by atoms with Crippen LogP contribution >= 0.6 is 0 Å². The quantitative estimate of drug-likeness (QED) is 0.527. The molecule has 0 spiro atoms. The number of amides is 2. The van der Waals surface area contributed by atoms with Crippen LogP contribution in [0, 0.1) is 17.2 Å². The molecule has 1 aromatic carbocycles. The highest BCUT2D eigenvalue weighted by Gasteiger charge is 2.36. The Balaban J connectivity index is 1.47. The molecular formula is C26H28FN7O3. The van der Waals surface area contributed by atoms with Gasteiger partial charge >= 0.3 is 0 Å². The number of aliphatic hydroxyl groups is 1. The number of fused-ring (bicyclic) bond motifs is 2. The summed E-state index contributed by atoms with van der Waals surface area (Å²) in [7, 11) is 0. The molecule has 1 saturated heterocycles. The van der Waals surface area contributed by atoms with Gasteiger partial charge in [-0.25, -0.2) is 13.9 Å². The first kappa shape index (κ1) is 24.6. The van der Waals surface area contributed by atoms with E-state index in [4.69, 9.17) is 0 Å². The van der Waals surface area contributed by atoms with Crippen LogP contribution in [-0.4, -0.2) is 67.8 Å². The average molecular weight is 506 g/mol. The predicted molar refractivity (Wildman–Crippen MR) is 134 cm³/mol. The van der Waals surface area contributed by atoms with E-state index < -0.39 is 17.7 Å². The molecule has 5 rings (SSSR count). The van der Waals surface area contributed by atoms with Crippen molar-refractivity contribution in [2.24, 2.45) is 5.92 Å². The van der Waals surface area contributed by atoms with E-state index >= 15 is 0 Å². The van der Waals surface area contributed by atoms with Gasteiger partial charge in [0, 0.05) is 43.5 Å². The van der Waals surface area contributed by atoms with Gasteiger partial charge < -0.3 is 20.2 Å². The number of alkyl halides is 1. The summed E-state index contributed by atoms with van der Waals surface area (Å²) in [6.07, 6.45) is 4.47. The van der Waals surface area contributed by atoms with Crippen LogP contribution < -0.4 is 10.2 Å². The van der Waals surface area contributed by atoms with Crippen molar-refractivity contribution in [3.05, 3.63) is 53.5 Å². The normalized spacial score (nSPS) is 17.1. The number of nitrogens with zero attached hydrogens (tertiary/aromatic N) is 6. The van der Waals surface area contributed by atoms with Crippen LogP contribution in [0.15, 0.2) is 36.8 Å². The van der Waals surface area contributed by atoms with Crippen LogP contribution in [0.1, 0.15) is 53.0 Å². The van der Waals surface area contributed by atoms with Gasteiger partial charge in [-0.3, -0.25) is 9.59 Å². The zero-order chi connectivity index (χ0) is 26.3. The minimum atomic E-state index is -1.61. The molecule has 1 unspecified atom stereocenters.